The van der Waals surface area contributed by atoms with Gasteiger partial charge in [-0.3, -0.25) is 0 Å². The van der Waals surface area contributed by atoms with Crippen molar-refractivity contribution in [1.29, 1.82) is 0 Å². The molecule has 4 nitrogen and oxygen atoms in total. The number of methoxy groups -OCH3 is 2. The van der Waals surface area contributed by atoms with Gasteiger partial charge in [-0.1, -0.05) is 12.1 Å². The standard InChI is InChI=1S/C19H20O4/c1-11(2)23-16-7-5-6-13-15(10-20)14-8-12(21-3)9-17(22-4)19(14)18(13)16/h5-11,15H,1-4H3. The Morgan fingerprint density at radius 1 is 1.00 bits per heavy atom. The quantitative estimate of drug-likeness (QED) is 0.788. The Bertz CT molecular complexity index is 749. The van der Waals surface area contributed by atoms with E-state index in [1.165, 1.54) is 0 Å². The third-order valence-electron chi connectivity index (χ3n) is 4.04. The van der Waals surface area contributed by atoms with Gasteiger partial charge in [-0.2, -0.15) is 0 Å². The second-order valence-corrected chi connectivity index (χ2v) is 5.79. The molecule has 0 aliphatic heterocycles. The zero-order valence-corrected chi connectivity index (χ0v) is 13.8. The number of carbonyl (C=O) groups is 1. The number of ether oxygens (including phenoxy) is 3. The molecule has 0 fully saturated rings. The molecule has 0 N–H and O–H groups in total. The van der Waals surface area contributed by atoms with Crippen molar-refractivity contribution in [3.8, 4) is 28.4 Å². The lowest BCUT2D eigenvalue weighted by Gasteiger charge is -2.16. The van der Waals surface area contributed by atoms with Crippen LogP contribution in [0.1, 0.15) is 30.9 Å². The fourth-order valence-electron chi connectivity index (χ4n) is 3.14. The maximum absolute atomic E-state index is 11.7. The molecular formula is C19H20O4. The first-order valence-electron chi connectivity index (χ1n) is 7.61. The molecule has 0 bridgehead atoms. The molecule has 1 atom stereocenters. The molecule has 0 aromatic heterocycles. The number of carbonyl (C=O) groups excluding carboxylic acids is 1. The lowest BCUT2D eigenvalue weighted by atomic mass is 9.98. The van der Waals surface area contributed by atoms with Gasteiger partial charge in [0.15, 0.2) is 0 Å². The summed E-state index contributed by atoms with van der Waals surface area (Å²) < 4.78 is 16.9. The van der Waals surface area contributed by atoms with Crippen LogP contribution in [0.3, 0.4) is 0 Å². The molecule has 0 saturated carbocycles. The third-order valence-corrected chi connectivity index (χ3v) is 4.04. The molecule has 23 heavy (non-hydrogen) atoms. The Morgan fingerprint density at radius 3 is 2.35 bits per heavy atom. The highest BCUT2D eigenvalue weighted by Gasteiger charge is 2.34. The van der Waals surface area contributed by atoms with Crippen molar-refractivity contribution in [1.82, 2.24) is 0 Å². The summed E-state index contributed by atoms with van der Waals surface area (Å²) in [6, 6.07) is 9.55. The van der Waals surface area contributed by atoms with E-state index in [1.54, 1.807) is 14.2 Å². The first kappa shape index (κ1) is 15.4. The Kier molecular flexibility index (Phi) is 3.99. The van der Waals surface area contributed by atoms with E-state index in [-0.39, 0.29) is 12.0 Å². The highest BCUT2D eigenvalue weighted by molar-refractivity contribution is 5.94. The summed E-state index contributed by atoms with van der Waals surface area (Å²) in [7, 11) is 3.22. The molecule has 0 saturated heterocycles. The van der Waals surface area contributed by atoms with Crippen molar-refractivity contribution < 1.29 is 19.0 Å². The van der Waals surface area contributed by atoms with Gasteiger partial charge in [0.25, 0.3) is 0 Å². The van der Waals surface area contributed by atoms with Crippen molar-refractivity contribution in [2.45, 2.75) is 25.9 Å². The van der Waals surface area contributed by atoms with Gasteiger partial charge < -0.3 is 19.0 Å². The predicted octanol–water partition coefficient (Wildman–Crippen LogP) is 3.80. The Balaban J connectivity index is 2.31. The normalized spacial score (nSPS) is 15.1. The molecule has 0 radical (unpaired) electrons. The SMILES string of the molecule is COc1cc(OC)c2c(c1)C(C=O)c1cccc(OC(C)C)c1-2. The van der Waals surface area contributed by atoms with Crippen molar-refractivity contribution in [3.63, 3.8) is 0 Å². The predicted molar refractivity (Wildman–Crippen MR) is 88.7 cm³/mol. The van der Waals surface area contributed by atoms with Gasteiger partial charge in [0, 0.05) is 17.2 Å². The molecule has 120 valence electrons. The van der Waals surface area contributed by atoms with Crippen molar-refractivity contribution in [3.05, 3.63) is 41.5 Å². The zero-order chi connectivity index (χ0) is 16.6. The van der Waals surface area contributed by atoms with Crippen LogP contribution in [0.5, 0.6) is 17.2 Å². The van der Waals surface area contributed by atoms with Gasteiger partial charge in [0.2, 0.25) is 0 Å². The van der Waals surface area contributed by atoms with E-state index in [2.05, 4.69) is 0 Å². The fourth-order valence-corrected chi connectivity index (χ4v) is 3.14. The second kappa shape index (κ2) is 5.95. The summed E-state index contributed by atoms with van der Waals surface area (Å²) in [5.74, 6) is 1.79. The Hall–Kier alpha value is -2.49. The summed E-state index contributed by atoms with van der Waals surface area (Å²) >= 11 is 0. The van der Waals surface area contributed by atoms with Crippen molar-refractivity contribution >= 4 is 6.29 Å². The lowest BCUT2D eigenvalue weighted by Crippen LogP contribution is -2.07. The van der Waals surface area contributed by atoms with Crippen LogP contribution in [0, 0.1) is 0 Å². The van der Waals surface area contributed by atoms with Crippen LogP contribution < -0.4 is 14.2 Å². The smallest absolute Gasteiger partial charge is 0.131 e. The first-order chi connectivity index (χ1) is 11.1. The Labute approximate surface area is 136 Å². The molecule has 0 amide bonds. The number of benzene rings is 2. The third kappa shape index (κ3) is 2.44. The van der Waals surface area contributed by atoms with Crippen LogP contribution in [-0.2, 0) is 4.79 Å². The van der Waals surface area contributed by atoms with E-state index in [0.717, 1.165) is 34.3 Å². The van der Waals surface area contributed by atoms with E-state index in [9.17, 15) is 4.79 Å². The molecule has 0 heterocycles. The summed E-state index contributed by atoms with van der Waals surface area (Å²) in [6.45, 7) is 3.97. The minimum absolute atomic E-state index is 0.0458. The second-order valence-electron chi connectivity index (χ2n) is 5.79. The number of hydrogen-bond donors (Lipinski definition) is 0. The average Bonchev–Trinajstić information content (AvgIpc) is 2.87. The molecule has 0 spiro atoms. The highest BCUT2D eigenvalue weighted by atomic mass is 16.5. The number of rotatable bonds is 5. The zero-order valence-electron chi connectivity index (χ0n) is 13.8. The van der Waals surface area contributed by atoms with Gasteiger partial charge in [0.1, 0.15) is 23.5 Å². The van der Waals surface area contributed by atoms with E-state index >= 15 is 0 Å². The molecule has 2 aromatic rings. The first-order valence-corrected chi connectivity index (χ1v) is 7.61. The minimum Gasteiger partial charge on any atom is -0.497 e. The monoisotopic (exact) mass is 312 g/mol. The largest absolute Gasteiger partial charge is 0.497 e. The van der Waals surface area contributed by atoms with Crippen LogP contribution in [0.25, 0.3) is 11.1 Å². The van der Waals surface area contributed by atoms with Crippen LogP contribution in [0.2, 0.25) is 0 Å². The topological polar surface area (TPSA) is 44.8 Å². The molecule has 3 rings (SSSR count). The van der Waals surface area contributed by atoms with Crippen molar-refractivity contribution in [2.24, 2.45) is 0 Å². The lowest BCUT2D eigenvalue weighted by molar-refractivity contribution is -0.108. The number of aldehydes is 1. The maximum atomic E-state index is 11.7. The molecule has 4 heteroatoms. The average molecular weight is 312 g/mol. The number of fused-ring (bicyclic) bond motifs is 3. The summed E-state index contributed by atoms with van der Waals surface area (Å²) in [5.41, 5.74) is 3.69. The molecule has 2 aromatic carbocycles. The van der Waals surface area contributed by atoms with Gasteiger partial charge >= 0.3 is 0 Å². The van der Waals surface area contributed by atoms with Gasteiger partial charge in [-0.25, -0.2) is 0 Å². The van der Waals surface area contributed by atoms with Crippen LogP contribution in [0.15, 0.2) is 30.3 Å². The van der Waals surface area contributed by atoms with Crippen molar-refractivity contribution in [2.75, 3.05) is 14.2 Å². The van der Waals surface area contributed by atoms with E-state index in [4.69, 9.17) is 14.2 Å². The van der Waals surface area contributed by atoms with E-state index < -0.39 is 0 Å². The molecule has 1 unspecified atom stereocenters. The summed E-state index contributed by atoms with van der Waals surface area (Å²) in [5, 5.41) is 0. The molecular weight excluding hydrogens is 292 g/mol. The van der Waals surface area contributed by atoms with E-state index in [1.807, 2.05) is 44.2 Å². The van der Waals surface area contributed by atoms with Gasteiger partial charge in [-0.15, -0.1) is 0 Å². The maximum Gasteiger partial charge on any atom is 0.131 e. The summed E-state index contributed by atoms with van der Waals surface area (Å²) in [6.07, 6.45) is 1.01. The van der Waals surface area contributed by atoms with E-state index in [0.29, 0.717) is 11.5 Å². The van der Waals surface area contributed by atoms with Crippen LogP contribution in [-0.4, -0.2) is 26.6 Å². The number of hydrogen-bond acceptors (Lipinski definition) is 4. The van der Waals surface area contributed by atoms with Gasteiger partial charge in [0.05, 0.1) is 26.2 Å². The molecule has 1 aliphatic carbocycles. The summed E-state index contributed by atoms with van der Waals surface area (Å²) in [4.78, 5) is 11.7. The minimum atomic E-state index is -0.334. The Morgan fingerprint density at radius 2 is 1.74 bits per heavy atom. The van der Waals surface area contributed by atoms with Crippen LogP contribution >= 0.6 is 0 Å². The van der Waals surface area contributed by atoms with Crippen LogP contribution in [0.4, 0.5) is 0 Å². The molecule has 1 aliphatic rings. The highest BCUT2D eigenvalue weighted by Crippen LogP contribution is 2.53. The van der Waals surface area contributed by atoms with Gasteiger partial charge in [-0.05, 0) is 37.1 Å². The fraction of sp³-hybridized carbons (Fsp3) is 0.316.